The summed E-state index contributed by atoms with van der Waals surface area (Å²) in [6, 6.07) is 7.79. The number of halogens is 1. The largest absolute Gasteiger partial charge is 0.371 e. The predicted molar refractivity (Wildman–Crippen MR) is 65.6 cm³/mol. The Balaban J connectivity index is 1.99. The molecule has 2 N–H and O–H groups in total. The van der Waals surface area contributed by atoms with Crippen molar-refractivity contribution < 1.29 is 4.79 Å². The number of piperidine rings is 1. The summed E-state index contributed by atoms with van der Waals surface area (Å²) in [4.78, 5) is 13.3. The van der Waals surface area contributed by atoms with Crippen LogP contribution < -0.4 is 10.6 Å². The fourth-order valence-electron chi connectivity index (χ4n) is 2.07. The van der Waals surface area contributed by atoms with Crippen molar-refractivity contribution in [2.45, 2.75) is 12.8 Å². The molecule has 0 bridgehead atoms. The Morgan fingerprint density at radius 3 is 2.31 bits per heavy atom. The maximum Gasteiger partial charge on any atom is 0.220 e. The summed E-state index contributed by atoms with van der Waals surface area (Å²) in [6.45, 7) is 1.77. The number of primary amides is 1. The summed E-state index contributed by atoms with van der Waals surface area (Å²) < 4.78 is 0. The molecular weight excluding hydrogens is 224 g/mol. The van der Waals surface area contributed by atoms with Crippen LogP contribution in [0.1, 0.15) is 12.8 Å². The van der Waals surface area contributed by atoms with Crippen LogP contribution in [0.25, 0.3) is 0 Å². The van der Waals surface area contributed by atoms with E-state index in [1.807, 2.05) is 24.3 Å². The Morgan fingerprint density at radius 1 is 1.25 bits per heavy atom. The highest BCUT2D eigenvalue weighted by Crippen LogP contribution is 2.24. The van der Waals surface area contributed by atoms with Gasteiger partial charge in [0.1, 0.15) is 0 Å². The van der Waals surface area contributed by atoms with Gasteiger partial charge in [0.2, 0.25) is 5.91 Å². The van der Waals surface area contributed by atoms with Crippen molar-refractivity contribution in [1.82, 2.24) is 0 Å². The summed E-state index contributed by atoms with van der Waals surface area (Å²) in [6.07, 6.45) is 1.69. The fourth-order valence-corrected chi connectivity index (χ4v) is 2.20. The normalized spacial score (nSPS) is 17.4. The first-order valence-electron chi connectivity index (χ1n) is 5.46. The van der Waals surface area contributed by atoms with E-state index in [0.29, 0.717) is 0 Å². The summed E-state index contributed by atoms with van der Waals surface area (Å²) in [7, 11) is 0. The second-order valence-electron chi connectivity index (χ2n) is 4.14. The van der Waals surface area contributed by atoms with E-state index in [1.165, 1.54) is 0 Å². The van der Waals surface area contributed by atoms with E-state index in [2.05, 4.69) is 4.90 Å². The zero-order valence-corrected chi connectivity index (χ0v) is 9.78. The quantitative estimate of drug-likeness (QED) is 0.857. The number of carbonyl (C=O) groups excluding carboxylic acids is 1. The van der Waals surface area contributed by atoms with Gasteiger partial charge in [-0.2, -0.15) is 0 Å². The molecule has 1 saturated heterocycles. The Bertz CT molecular complexity index is 369. The van der Waals surface area contributed by atoms with Crippen molar-refractivity contribution in [2.75, 3.05) is 18.0 Å². The van der Waals surface area contributed by atoms with Gasteiger partial charge in [-0.3, -0.25) is 4.79 Å². The molecule has 0 saturated carbocycles. The molecule has 0 aromatic heterocycles. The summed E-state index contributed by atoms with van der Waals surface area (Å²) in [5.74, 6) is -0.126. The standard InChI is InChI=1S/C12H15ClN2O/c13-10-1-3-11(4-2-10)15-7-5-9(6-8-15)12(14)16/h1-4,9H,5-8H2,(H2,14,16). The highest BCUT2D eigenvalue weighted by Gasteiger charge is 2.22. The monoisotopic (exact) mass is 238 g/mol. The minimum Gasteiger partial charge on any atom is -0.371 e. The Hall–Kier alpha value is -1.22. The van der Waals surface area contributed by atoms with E-state index in [-0.39, 0.29) is 11.8 Å². The van der Waals surface area contributed by atoms with E-state index >= 15 is 0 Å². The third-order valence-electron chi connectivity index (χ3n) is 3.09. The second kappa shape index (κ2) is 4.74. The van der Waals surface area contributed by atoms with Crippen molar-refractivity contribution in [1.29, 1.82) is 0 Å². The van der Waals surface area contributed by atoms with Crippen molar-refractivity contribution >= 4 is 23.2 Å². The van der Waals surface area contributed by atoms with Gasteiger partial charge in [-0.05, 0) is 37.1 Å². The fraction of sp³-hybridized carbons (Fsp3) is 0.417. The number of carbonyl (C=O) groups is 1. The average molecular weight is 239 g/mol. The molecule has 0 atom stereocenters. The Labute approximate surface area is 100 Å². The molecular formula is C12H15ClN2O. The summed E-state index contributed by atoms with van der Waals surface area (Å²) in [5.41, 5.74) is 6.46. The van der Waals surface area contributed by atoms with E-state index in [1.54, 1.807) is 0 Å². The molecule has 3 nitrogen and oxygen atoms in total. The van der Waals surface area contributed by atoms with Gasteiger partial charge in [0.25, 0.3) is 0 Å². The maximum atomic E-state index is 11.0. The van der Waals surface area contributed by atoms with Gasteiger partial charge >= 0.3 is 0 Å². The second-order valence-corrected chi connectivity index (χ2v) is 4.58. The third kappa shape index (κ3) is 2.47. The number of hydrogen-bond acceptors (Lipinski definition) is 2. The highest BCUT2D eigenvalue weighted by atomic mass is 35.5. The molecule has 1 aliphatic rings. The molecule has 1 fully saturated rings. The van der Waals surface area contributed by atoms with Gasteiger partial charge in [0.15, 0.2) is 0 Å². The number of hydrogen-bond donors (Lipinski definition) is 1. The van der Waals surface area contributed by atoms with Crippen LogP contribution in [0, 0.1) is 5.92 Å². The predicted octanol–water partition coefficient (Wildman–Crippen LogP) is 2.04. The highest BCUT2D eigenvalue weighted by molar-refractivity contribution is 6.30. The lowest BCUT2D eigenvalue weighted by molar-refractivity contribution is -0.122. The lowest BCUT2D eigenvalue weighted by Gasteiger charge is -2.32. The first kappa shape index (κ1) is 11.3. The van der Waals surface area contributed by atoms with Gasteiger partial charge in [-0.1, -0.05) is 11.6 Å². The van der Waals surface area contributed by atoms with Crippen LogP contribution in [0.2, 0.25) is 5.02 Å². The summed E-state index contributed by atoms with van der Waals surface area (Å²) in [5, 5.41) is 0.746. The minimum absolute atomic E-state index is 0.0450. The van der Waals surface area contributed by atoms with Crippen molar-refractivity contribution in [3.8, 4) is 0 Å². The Kier molecular flexibility index (Phi) is 3.34. The SMILES string of the molecule is NC(=O)C1CCN(c2ccc(Cl)cc2)CC1. The third-order valence-corrected chi connectivity index (χ3v) is 3.34. The van der Waals surface area contributed by atoms with Crippen LogP contribution in [0.3, 0.4) is 0 Å². The number of anilines is 1. The van der Waals surface area contributed by atoms with Crippen LogP contribution in [0.4, 0.5) is 5.69 Å². The van der Waals surface area contributed by atoms with Gasteiger partial charge in [0, 0.05) is 29.7 Å². The van der Waals surface area contributed by atoms with E-state index in [0.717, 1.165) is 36.6 Å². The van der Waals surface area contributed by atoms with Crippen molar-refractivity contribution in [3.63, 3.8) is 0 Å². The van der Waals surface area contributed by atoms with E-state index in [4.69, 9.17) is 17.3 Å². The van der Waals surface area contributed by atoms with Crippen LogP contribution >= 0.6 is 11.6 Å². The van der Waals surface area contributed by atoms with Gasteiger partial charge in [-0.15, -0.1) is 0 Å². The number of benzene rings is 1. The van der Waals surface area contributed by atoms with Crippen LogP contribution in [-0.4, -0.2) is 19.0 Å². The molecule has 4 heteroatoms. The van der Waals surface area contributed by atoms with E-state index in [9.17, 15) is 4.79 Å². The number of nitrogens with zero attached hydrogens (tertiary/aromatic N) is 1. The van der Waals surface area contributed by atoms with Crippen LogP contribution in [0.5, 0.6) is 0 Å². The van der Waals surface area contributed by atoms with E-state index < -0.39 is 0 Å². The van der Waals surface area contributed by atoms with Gasteiger partial charge in [-0.25, -0.2) is 0 Å². The molecule has 0 spiro atoms. The molecule has 1 aromatic rings. The summed E-state index contributed by atoms with van der Waals surface area (Å²) >= 11 is 5.84. The lowest BCUT2D eigenvalue weighted by atomic mass is 9.96. The zero-order chi connectivity index (χ0) is 11.5. The molecule has 0 unspecified atom stereocenters. The smallest absolute Gasteiger partial charge is 0.220 e. The molecule has 0 radical (unpaired) electrons. The van der Waals surface area contributed by atoms with Crippen LogP contribution in [-0.2, 0) is 4.79 Å². The first-order valence-corrected chi connectivity index (χ1v) is 5.84. The number of rotatable bonds is 2. The molecule has 1 heterocycles. The van der Waals surface area contributed by atoms with Gasteiger partial charge in [0.05, 0.1) is 0 Å². The average Bonchev–Trinajstić information content (AvgIpc) is 2.30. The van der Waals surface area contributed by atoms with Crippen molar-refractivity contribution in [2.24, 2.45) is 11.7 Å². The molecule has 1 amide bonds. The molecule has 1 aromatic carbocycles. The topological polar surface area (TPSA) is 46.3 Å². The van der Waals surface area contributed by atoms with Crippen molar-refractivity contribution in [3.05, 3.63) is 29.3 Å². The maximum absolute atomic E-state index is 11.0. The number of nitrogens with two attached hydrogens (primary N) is 1. The zero-order valence-electron chi connectivity index (χ0n) is 9.03. The molecule has 2 rings (SSSR count). The van der Waals surface area contributed by atoms with Gasteiger partial charge < -0.3 is 10.6 Å². The minimum atomic E-state index is -0.171. The molecule has 0 aliphatic carbocycles. The molecule has 86 valence electrons. The lowest BCUT2D eigenvalue weighted by Crippen LogP contribution is -2.38. The molecule has 1 aliphatic heterocycles. The molecule has 16 heavy (non-hydrogen) atoms. The first-order chi connectivity index (χ1) is 7.66. The Morgan fingerprint density at radius 2 is 1.81 bits per heavy atom. The van der Waals surface area contributed by atoms with Crippen LogP contribution in [0.15, 0.2) is 24.3 Å². The number of amides is 1.